The molecule has 3 nitrogen and oxygen atoms in total. The minimum atomic E-state index is -0.659. The minimum absolute atomic E-state index is 0.343. The third-order valence-corrected chi connectivity index (χ3v) is 2.49. The Hall–Kier alpha value is -1.08. The molecule has 100 valence electrons. The number of aliphatic carboxylic acids is 1. The van der Waals surface area contributed by atoms with E-state index in [0.29, 0.717) is 6.42 Å². The third kappa shape index (κ3) is 25.3. The standard InChI is InChI=1S/C12H24O2.C2H3N/c1-2-3-4-5-6-7-8-9-10-11-12(13)14;1-2-3/h2-11H2,1H3,(H,13,14);3H,1H2. The van der Waals surface area contributed by atoms with E-state index in [2.05, 4.69) is 13.5 Å². The summed E-state index contributed by atoms with van der Waals surface area (Å²) in [5, 5.41) is 14.3. The molecule has 0 aliphatic rings. The Morgan fingerprint density at radius 3 is 1.76 bits per heavy atom. The summed E-state index contributed by atoms with van der Waals surface area (Å²) in [7, 11) is 0. The van der Waals surface area contributed by atoms with E-state index in [1.54, 1.807) is 5.87 Å². The fraction of sp³-hybridized carbons (Fsp3) is 0.786. The van der Waals surface area contributed by atoms with Crippen molar-refractivity contribution in [3.8, 4) is 0 Å². The van der Waals surface area contributed by atoms with Crippen molar-refractivity contribution in [2.24, 2.45) is 0 Å². The Balaban J connectivity index is 0. The second kappa shape index (κ2) is 17.3. The van der Waals surface area contributed by atoms with Crippen LogP contribution in [0.1, 0.15) is 71.1 Å². The molecule has 0 fully saturated rings. The van der Waals surface area contributed by atoms with Crippen LogP contribution in [0.15, 0.2) is 6.58 Å². The van der Waals surface area contributed by atoms with E-state index in [0.717, 1.165) is 12.8 Å². The zero-order valence-corrected chi connectivity index (χ0v) is 11.1. The van der Waals surface area contributed by atoms with Crippen molar-refractivity contribution < 1.29 is 9.90 Å². The molecule has 0 aromatic carbocycles. The molecule has 17 heavy (non-hydrogen) atoms. The van der Waals surface area contributed by atoms with Gasteiger partial charge in [0.25, 0.3) is 0 Å². The average Bonchev–Trinajstić information content (AvgIpc) is 2.27. The van der Waals surface area contributed by atoms with Crippen LogP contribution in [0.5, 0.6) is 0 Å². The summed E-state index contributed by atoms with van der Waals surface area (Å²) in [6, 6.07) is 0. The summed E-state index contributed by atoms with van der Waals surface area (Å²) < 4.78 is 0. The predicted octanol–water partition coefficient (Wildman–Crippen LogP) is 4.41. The van der Waals surface area contributed by atoms with Gasteiger partial charge < -0.3 is 5.11 Å². The van der Waals surface area contributed by atoms with Gasteiger partial charge in [-0.3, -0.25) is 10.2 Å². The molecule has 0 saturated carbocycles. The topological polar surface area (TPSA) is 61.2 Å². The molecule has 2 N–H and O–H groups in total. The largest absolute Gasteiger partial charge is 0.481 e. The van der Waals surface area contributed by atoms with Crippen molar-refractivity contribution in [2.45, 2.75) is 71.1 Å². The molecular formula is C14H27NO2. The predicted molar refractivity (Wildman–Crippen MR) is 72.8 cm³/mol. The Morgan fingerprint density at radius 1 is 1.06 bits per heavy atom. The highest BCUT2D eigenvalue weighted by molar-refractivity contribution is 5.66. The Morgan fingerprint density at radius 2 is 1.41 bits per heavy atom. The SMILES string of the molecule is C=C=N.CCCCCCCCCCCC(=O)O. The number of carboxylic acids is 1. The van der Waals surface area contributed by atoms with Crippen molar-refractivity contribution in [3.05, 3.63) is 6.58 Å². The molecule has 0 radical (unpaired) electrons. The van der Waals surface area contributed by atoms with Crippen molar-refractivity contribution in [1.82, 2.24) is 0 Å². The zero-order valence-electron chi connectivity index (χ0n) is 11.1. The highest BCUT2D eigenvalue weighted by Gasteiger charge is 1.96. The summed E-state index contributed by atoms with van der Waals surface area (Å²) >= 11 is 0. The Kier molecular flexibility index (Phi) is 18.6. The van der Waals surface area contributed by atoms with Crippen LogP contribution < -0.4 is 0 Å². The van der Waals surface area contributed by atoms with Gasteiger partial charge in [-0.15, -0.1) is 0 Å². The third-order valence-electron chi connectivity index (χ3n) is 2.49. The van der Waals surface area contributed by atoms with Gasteiger partial charge in [-0.2, -0.15) is 0 Å². The van der Waals surface area contributed by atoms with Crippen LogP contribution in [-0.2, 0) is 4.79 Å². The first kappa shape index (κ1) is 18.3. The lowest BCUT2D eigenvalue weighted by molar-refractivity contribution is -0.137. The van der Waals surface area contributed by atoms with Crippen LogP contribution in [0, 0.1) is 5.41 Å². The van der Waals surface area contributed by atoms with Gasteiger partial charge in [0.05, 0.1) is 0 Å². The second-order valence-electron chi connectivity index (χ2n) is 4.15. The first-order valence-corrected chi connectivity index (χ1v) is 6.59. The van der Waals surface area contributed by atoms with Gasteiger partial charge in [0.1, 0.15) is 0 Å². The fourth-order valence-electron chi connectivity index (χ4n) is 1.59. The highest BCUT2D eigenvalue weighted by atomic mass is 16.4. The molecule has 0 amide bonds. The van der Waals surface area contributed by atoms with Gasteiger partial charge in [-0.25, -0.2) is 0 Å². The monoisotopic (exact) mass is 241 g/mol. The first-order chi connectivity index (χ1) is 8.18. The van der Waals surface area contributed by atoms with Crippen molar-refractivity contribution in [3.63, 3.8) is 0 Å². The molecule has 0 atom stereocenters. The van der Waals surface area contributed by atoms with E-state index in [1.807, 2.05) is 0 Å². The number of carboxylic acid groups (broad SMARTS) is 1. The summed E-state index contributed by atoms with van der Waals surface area (Å²) in [4.78, 5) is 10.2. The molecule has 0 heterocycles. The fourth-order valence-corrected chi connectivity index (χ4v) is 1.59. The molecule has 0 saturated heterocycles. The molecule has 0 unspecified atom stereocenters. The van der Waals surface area contributed by atoms with E-state index in [-0.39, 0.29) is 0 Å². The van der Waals surface area contributed by atoms with Gasteiger partial charge in [-0.1, -0.05) is 58.3 Å². The summed E-state index contributed by atoms with van der Waals surface area (Å²) in [6.45, 7) is 5.13. The lowest BCUT2D eigenvalue weighted by atomic mass is 10.1. The molecule has 0 aromatic heterocycles. The summed E-state index contributed by atoms with van der Waals surface area (Å²) in [5.41, 5.74) is 0. The smallest absolute Gasteiger partial charge is 0.303 e. The van der Waals surface area contributed by atoms with E-state index in [9.17, 15) is 4.79 Å². The first-order valence-electron chi connectivity index (χ1n) is 6.59. The van der Waals surface area contributed by atoms with Crippen LogP contribution in [0.2, 0.25) is 0 Å². The molecule has 3 heteroatoms. The highest BCUT2D eigenvalue weighted by Crippen LogP contribution is 2.10. The van der Waals surface area contributed by atoms with Crippen LogP contribution in [0.3, 0.4) is 0 Å². The average molecular weight is 241 g/mol. The lowest BCUT2D eigenvalue weighted by Gasteiger charge is -2.00. The van der Waals surface area contributed by atoms with Crippen molar-refractivity contribution in [1.29, 1.82) is 5.41 Å². The molecule has 0 aliphatic heterocycles. The van der Waals surface area contributed by atoms with E-state index >= 15 is 0 Å². The molecule has 0 aliphatic carbocycles. The van der Waals surface area contributed by atoms with E-state index < -0.39 is 5.97 Å². The quantitative estimate of drug-likeness (QED) is 0.439. The normalized spacial score (nSPS) is 9.00. The maximum atomic E-state index is 10.2. The van der Waals surface area contributed by atoms with Crippen LogP contribution in [0.4, 0.5) is 0 Å². The number of carbonyl (C=O) groups is 1. The van der Waals surface area contributed by atoms with Crippen molar-refractivity contribution in [2.75, 3.05) is 0 Å². The van der Waals surface area contributed by atoms with E-state index in [4.69, 9.17) is 10.5 Å². The number of unbranched alkanes of at least 4 members (excludes halogenated alkanes) is 8. The number of rotatable bonds is 10. The number of hydrogen-bond donors (Lipinski definition) is 2. The minimum Gasteiger partial charge on any atom is -0.481 e. The van der Waals surface area contributed by atoms with Crippen LogP contribution >= 0.6 is 0 Å². The second-order valence-corrected chi connectivity index (χ2v) is 4.15. The molecule has 0 bridgehead atoms. The zero-order chi connectivity index (χ0) is 13.4. The van der Waals surface area contributed by atoms with Gasteiger partial charge >= 0.3 is 5.97 Å². The van der Waals surface area contributed by atoms with Crippen LogP contribution in [-0.4, -0.2) is 16.9 Å². The maximum absolute atomic E-state index is 10.2. The molecule has 0 spiro atoms. The van der Waals surface area contributed by atoms with Crippen LogP contribution in [0.25, 0.3) is 0 Å². The number of nitrogens with one attached hydrogen (secondary N) is 1. The molecule has 0 aromatic rings. The summed E-state index contributed by atoms with van der Waals surface area (Å²) in [6.07, 6.45) is 11.5. The summed E-state index contributed by atoms with van der Waals surface area (Å²) in [5.74, 6) is 1.09. The lowest BCUT2D eigenvalue weighted by Crippen LogP contribution is -1.93. The van der Waals surface area contributed by atoms with Gasteiger partial charge in [0.15, 0.2) is 0 Å². The molecular weight excluding hydrogens is 214 g/mol. The van der Waals surface area contributed by atoms with Gasteiger partial charge in [0.2, 0.25) is 0 Å². The van der Waals surface area contributed by atoms with Gasteiger partial charge in [-0.05, 0) is 18.9 Å². The Bertz CT molecular complexity index is 196. The Labute approximate surface area is 105 Å². The number of hydrogen-bond acceptors (Lipinski definition) is 2. The van der Waals surface area contributed by atoms with Gasteiger partial charge in [0, 0.05) is 6.42 Å². The molecule has 0 rings (SSSR count). The van der Waals surface area contributed by atoms with E-state index in [1.165, 1.54) is 44.9 Å². The maximum Gasteiger partial charge on any atom is 0.303 e. The van der Waals surface area contributed by atoms with Crippen molar-refractivity contribution >= 4 is 11.8 Å².